The second kappa shape index (κ2) is 10.1. The van der Waals surface area contributed by atoms with Gasteiger partial charge >= 0.3 is 5.97 Å². The summed E-state index contributed by atoms with van der Waals surface area (Å²) >= 11 is 6.18. The molecule has 4 atom stereocenters. The molecule has 10 heteroatoms. The van der Waals surface area contributed by atoms with Crippen LogP contribution in [0.15, 0.2) is 23.1 Å². The van der Waals surface area contributed by atoms with E-state index in [9.17, 15) is 18.0 Å². The Bertz CT molecular complexity index is 949. The summed E-state index contributed by atoms with van der Waals surface area (Å²) in [7, 11) is -3.94. The number of carbonyl (C=O) groups excluding carboxylic acids is 2. The number of carbonyl (C=O) groups is 2. The molecule has 2 saturated heterocycles. The van der Waals surface area contributed by atoms with E-state index in [0.29, 0.717) is 24.9 Å². The fourth-order valence-corrected chi connectivity index (χ4v) is 6.55. The highest BCUT2D eigenvalue weighted by atomic mass is 35.5. The zero-order chi connectivity index (χ0) is 23.6. The van der Waals surface area contributed by atoms with Crippen molar-refractivity contribution in [1.29, 1.82) is 0 Å². The van der Waals surface area contributed by atoms with Gasteiger partial charge in [0.25, 0.3) is 5.91 Å². The first-order chi connectivity index (χ1) is 15.0. The molecule has 1 aromatic rings. The lowest BCUT2D eigenvalue weighted by Gasteiger charge is -2.34. The first kappa shape index (κ1) is 25.0. The van der Waals surface area contributed by atoms with Crippen molar-refractivity contribution in [3.05, 3.63) is 28.8 Å². The van der Waals surface area contributed by atoms with E-state index < -0.39 is 16.0 Å². The number of morpholine rings is 1. The fraction of sp³-hybridized carbons (Fsp3) is 0.636. The van der Waals surface area contributed by atoms with Crippen LogP contribution in [0.1, 0.15) is 44.5 Å². The number of halogens is 1. The Hall–Kier alpha value is -1.68. The summed E-state index contributed by atoms with van der Waals surface area (Å²) in [6.07, 6.45) is 0.546. The molecule has 0 aliphatic carbocycles. The lowest BCUT2D eigenvalue weighted by atomic mass is 9.92. The van der Waals surface area contributed by atoms with Crippen molar-refractivity contribution in [2.75, 3.05) is 32.8 Å². The van der Waals surface area contributed by atoms with E-state index in [2.05, 4.69) is 13.8 Å². The van der Waals surface area contributed by atoms with E-state index in [-0.39, 0.29) is 53.3 Å². The van der Waals surface area contributed by atoms with E-state index in [4.69, 9.17) is 21.1 Å². The highest BCUT2D eigenvalue weighted by Gasteiger charge is 2.34. The summed E-state index contributed by atoms with van der Waals surface area (Å²) in [6.45, 7) is 9.06. The maximum atomic E-state index is 13.2. The first-order valence-electron chi connectivity index (χ1n) is 10.9. The van der Waals surface area contributed by atoms with Gasteiger partial charge < -0.3 is 14.4 Å². The molecule has 2 heterocycles. The largest absolute Gasteiger partial charge is 0.452 e. The maximum Gasteiger partial charge on any atom is 0.338 e. The molecule has 8 nitrogen and oxygen atoms in total. The number of likely N-dealkylation sites (tertiary alicyclic amines) is 1. The molecule has 0 spiro atoms. The van der Waals surface area contributed by atoms with Gasteiger partial charge in [0, 0.05) is 26.2 Å². The lowest BCUT2D eigenvalue weighted by Crippen LogP contribution is -2.48. The van der Waals surface area contributed by atoms with Crippen LogP contribution in [0, 0.1) is 11.8 Å². The first-order valence-corrected chi connectivity index (χ1v) is 12.7. The van der Waals surface area contributed by atoms with Gasteiger partial charge in [-0.3, -0.25) is 4.79 Å². The zero-order valence-electron chi connectivity index (χ0n) is 18.9. The molecular formula is C22H31ClN2O6S. The van der Waals surface area contributed by atoms with E-state index >= 15 is 0 Å². The summed E-state index contributed by atoms with van der Waals surface area (Å²) in [5, 5.41) is 0.0146. The molecule has 0 saturated carbocycles. The van der Waals surface area contributed by atoms with Crippen LogP contribution in [-0.4, -0.2) is 74.5 Å². The monoisotopic (exact) mass is 486 g/mol. The van der Waals surface area contributed by atoms with Gasteiger partial charge in [-0.1, -0.05) is 25.4 Å². The highest BCUT2D eigenvalue weighted by Crippen LogP contribution is 2.28. The minimum Gasteiger partial charge on any atom is -0.452 e. The topological polar surface area (TPSA) is 93.2 Å². The minimum absolute atomic E-state index is 0.0146. The Kier molecular flexibility index (Phi) is 7.85. The summed E-state index contributed by atoms with van der Waals surface area (Å²) in [4.78, 5) is 26.6. The number of nitrogens with zero attached hydrogens (tertiary/aromatic N) is 2. The van der Waals surface area contributed by atoms with Crippen LogP contribution in [-0.2, 0) is 24.3 Å². The summed E-state index contributed by atoms with van der Waals surface area (Å²) in [5.74, 6) is -0.232. The predicted molar refractivity (Wildman–Crippen MR) is 120 cm³/mol. The smallest absolute Gasteiger partial charge is 0.338 e. The number of amides is 1. The third-order valence-electron chi connectivity index (χ3n) is 5.72. The molecule has 2 aliphatic rings. The Morgan fingerprint density at radius 3 is 2.25 bits per heavy atom. The molecule has 0 radical (unpaired) electrons. The van der Waals surface area contributed by atoms with E-state index in [0.717, 1.165) is 6.42 Å². The van der Waals surface area contributed by atoms with Crippen LogP contribution in [0.5, 0.6) is 0 Å². The van der Waals surface area contributed by atoms with Gasteiger partial charge in [0.2, 0.25) is 10.0 Å². The van der Waals surface area contributed by atoms with Crippen LogP contribution in [0.2, 0.25) is 5.02 Å². The van der Waals surface area contributed by atoms with E-state index in [1.807, 2.05) is 0 Å². The molecule has 1 amide bonds. The summed E-state index contributed by atoms with van der Waals surface area (Å²) < 4.78 is 38.5. The molecule has 32 heavy (non-hydrogen) atoms. The van der Waals surface area contributed by atoms with Gasteiger partial charge in [-0.05, 0) is 50.3 Å². The molecule has 2 fully saturated rings. The van der Waals surface area contributed by atoms with Crippen molar-refractivity contribution in [2.24, 2.45) is 11.8 Å². The fourth-order valence-electron chi connectivity index (χ4n) is 4.46. The zero-order valence-corrected chi connectivity index (χ0v) is 20.5. The molecule has 0 aromatic heterocycles. The average Bonchev–Trinajstić information content (AvgIpc) is 2.70. The highest BCUT2D eigenvalue weighted by molar-refractivity contribution is 7.89. The Morgan fingerprint density at radius 1 is 1.06 bits per heavy atom. The molecule has 2 aliphatic heterocycles. The van der Waals surface area contributed by atoms with Gasteiger partial charge in [0.05, 0.1) is 22.8 Å². The number of ether oxygens (including phenoxy) is 2. The van der Waals surface area contributed by atoms with Crippen molar-refractivity contribution in [2.45, 2.75) is 51.2 Å². The molecule has 1 aromatic carbocycles. The van der Waals surface area contributed by atoms with Crippen molar-refractivity contribution >= 4 is 33.5 Å². The number of esters is 1. The number of hydrogen-bond acceptors (Lipinski definition) is 6. The van der Waals surface area contributed by atoms with Crippen LogP contribution in [0.25, 0.3) is 0 Å². The number of benzene rings is 1. The van der Waals surface area contributed by atoms with Crippen LogP contribution >= 0.6 is 11.6 Å². The molecule has 3 rings (SSSR count). The number of piperidine rings is 1. The van der Waals surface area contributed by atoms with Crippen molar-refractivity contribution in [3.8, 4) is 0 Å². The van der Waals surface area contributed by atoms with Gasteiger partial charge in [-0.15, -0.1) is 0 Å². The van der Waals surface area contributed by atoms with Crippen LogP contribution in [0.4, 0.5) is 0 Å². The quantitative estimate of drug-likeness (QED) is 0.594. The Balaban J connectivity index is 1.71. The number of rotatable bonds is 5. The average molecular weight is 487 g/mol. The van der Waals surface area contributed by atoms with Crippen LogP contribution < -0.4 is 0 Å². The molecule has 178 valence electrons. The number of hydrogen-bond donors (Lipinski definition) is 0. The van der Waals surface area contributed by atoms with Gasteiger partial charge in [-0.2, -0.15) is 4.31 Å². The molecule has 0 bridgehead atoms. The molecule has 0 N–H and O–H groups in total. The third kappa shape index (κ3) is 5.81. The minimum atomic E-state index is -3.94. The number of sulfonamides is 1. The standard InChI is InChI=1S/C22H31ClN2O6S/c1-14-7-15(2)10-24(9-14)21(26)13-30-22(27)18-5-6-19(23)20(8-18)32(28,29)25-11-16(3)31-17(4)12-25/h5-6,8,14-17H,7,9-13H2,1-4H3/t14-,15+,16-,17+. The van der Waals surface area contributed by atoms with Gasteiger partial charge in [0.15, 0.2) is 6.61 Å². The normalized spacial score (nSPS) is 27.2. The molecular weight excluding hydrogens is 456 g/mol. The van der Waals surface area contributed by atoms with Gasteiger partial charge in [0.1, 0.15) is 4.90 Å². The van der Waals surface area contributed by atoms with Crippen molar-refractivity contribution in [1.82, 2.24) is 9.21 Å². The summed E-state index contributed by atoms with van der Waals surface area (Å²) in [6, 6.07) is 3.96. The Labute approximate surface area is 194 Å². The van der Waals surface area contributed by atoms with Gasteiger partial charge in [-0.25, -0.2) is 13.2 Å². The Morgan fingerprint density at radius 2 is 1.66 bits per heavy atom. The maximum absolute atomic E-state index is 13.2. The second-order valence-electron chi connectivity index (χ2n) is 9.05. The van der Waals surface area contributed by atoms with E-state index in [1.165, 1.54) is 22.5 Å². The second-order valence-corrected chi connectivity index (χ2v) is 11.4. The lowest BCUT2D eigenvalue weighted by molar-refractivity contribution is -0.137. The SMILES string of the molecule is C[C@@H]1C[C@H](C)CN(C(=O)COC(=O)c2ccc(Cl)c(S(=O)(=O)N3C[C@@H](C)O[C@@H](C)C3)c2)C1. The summed E-state index contributed by atoms with van der Waals surface area (Å²) in [5.41, 5.74) is 0.0236. The van der Waals surface area contributed by atoms with E-state index in [1.54, 1.807) is 18.7 Å². The van der Waals surface area contributed by atoms with Crippen molar-refractivity contribution in [3.63, 3.8) is 0 Å². The predicted octanol–water partition coefficient (Wildman–Crippen LogP) is 2.80. The van der Waals surface area contributed by atoms with Crippen molar-refractivity contribution < 1.29 is 27.5 Å². The molecule has 0 unspecified atom stereocenters. The third-order valence-corrected chi connectivity index (χ3v) is 8.03. The van der Waals surface area contributed by atoms with Crippen LogP contribution in [0.3, 0.4) is 0 Å².